The molecule has 2 aliphatic rings. The Hall–Kier alpha value is -2.01. The van der Waals surface area contributed by atoms with Crippen LogP contribution in [0.2, 0.25) is 5.02 Å². The Morgan fingerprint density at radius 2 is 1.55 bits per heavy atom. The molecule has 2 atom stereocenters. The van der Waals surface area contributed by atoms with Crippen molar-refractivity contribution < 1.29 is 19.2 Å². The monoisotopic (exact) mass is 419 g/mol. The molecule has 154 valence electrons. The molecule has 0 spiro atoms. The van der Waals surface area contributed by atoms with Gasteiger partial charge in [0.2, 0.25) is 0 Å². The van der Waals surface area contributed by atoms with E-state index in [0.29, 0.717) is 42.7 Å². The van der Waals surface area contributed by atoms with Gasteiger partial charge < -0.3 is 11.5 Å². The van der Waals surface area contributed by atoms with Gasteiger partial charge >= 0.3 is 0 Å². The summed E-state index contributed by atoms with van der Waals surface area (Å²) in [7, 11) is 0. The van der Waals surface area contributed by atoms with Crippen LogP contribution < -0.4 is 11.5 Å². The highest BCUT2D eigenvalue weighted by Gasteiger charge is 2.39. The van der Waals surface area contributed by atoms with Crippen LogP contribution in [0.5, 0.6) is 0 Å². The molecule has 4 rings (SSSR count). The molecule has 4 N–H and O–H groups in total. The molecule has 4 nitrogen and oxygen atoms in total. The summed E-state index contributed by atoms with van der Waals surface area (Å²) in [5, 5.41) is 0.418. The normalized spacial score (nSPS) is 32.3. The Bertz CT molecular complexity index is 1180. The van der Waals surface area contributed by atoms with Gasteiger partial charge in [-0.1, -0.05) is 72.9 Å². The third-order valence-corrected chi connectivity index (χ3v) is 5.79. The molecule has 2 aromatic rings. The summed E-state index contributed by atoms with van der Waals surface area (Å²) in [5.41, 5.74) is 9.94. The van der Waals surface area contributed by atoms with Crippen LogP contribution in [-0.4, -0.2) is 11.6 Å². The molecule has 0 aromatic heterocycles. The zero-order valence-electron chi connectivity index (χ0n) is 23.1. The fourth-order valence-electron chi connectivity index (χ4n) is 3.71. The summed E-state index contributed by atoms with van der Waals surface area (Å²) in [6, 6.07) is 4.78. The van der Waals surface area contributed by atoms with Gasteiger partial charge in [-0.15, -0.1) is 0 Å². The third kappa shape index (κ3) is 4.61. The molecule has 2 aromatic carbocycles. The second-order valence-corrected chi connectivity index (χ2v) is 7.82. The van der Waals surface area contributed by atoms with Crippen LogP contribution in [0.4, 0.5) is 0 Å². The molecular formula is C24H29ClN2O2. The quantitative estimate of drug-likeness (QED) is 0.743. The van der Waals surface area contributed by atoms with Crippen LogP contribution in [0.3, 0.4) is 0 Å². The molecule has 2 unspecified atom stereocenters. The zero-order chi connectivity index (χ0) is 27.1. The number of Topliss-reactive ketones (excluding diaryl/α,β-unsaturated/α-hetero) is 2. The second kappa shape index (κ2) is 9.21. The van der Waals surface area contributed by atoms with E-state index in [1.54, 1.807) is 24.3 Å². The van der Waals surface area contributed by atoms with Gasteiger partial charge in [-0.05, 0) is 42.9 Å². The summed E-state index contributed by atoms with van der Waals surface area (Å²) in [4.78, 5) is 24.2. The Kier molecular flexibility index (Phi) is 4.47. The molecule has 2 aliphatic carbocycles. The molecule has 5 heteroatoms. The molecule has 0 bridgehead atoms. The van der Waals surface area contributed by atoms with Crippen molar-refractivity contribution in [1.82, 2.24) is 0 Å². The molecule has 0 aliphatic heterocycles. The lowest BCUT2D eigenvalue weighted by Crippen LogP contribution is -2.47. The average Bonchev–Trinajstić information content (AvgIpc) is 2.83. The predicted molar refractivity (Wildman–Crippen MR) is 117 cm³/mol. The number of halogens is 1. The van der Waals surface area contributed by atoms with Gasteiger partial charge in [-0.2, -0.15) is 0 Å². The second-order valence-electron chi connectivity index (χ2n) is 7.41. The van der Waals surface area contributed by atoms with E-state index in [1.165, 1.54) is 0 Å². The Balaban J connectivity index is 0.000000202. The summed E-state index contributed by atoms with van der Waals surface area (Å²) in [6.45, 7) is 0. The predicted octanol–water partition coefficient (Wildman–Crippen LogP) is 4.62. The van der Waals surface area contributed by atoms with Crippen molar-refractivity contribution in [2.75, 3.05) is 0 Å². The van der Waals surface area contributed by atoms with Crippen LogP contribution >= 0.6 is 11.6 Å². The zero-order valence-corrected chi connectivity index (χ0v) is 16.9. The van der Waals surface area contributed by atoms with Crippen molar-refractivity contribution in [3.05, 3.63) is 70.6 Å². The maximum Gasteiger partial charge on any atom is 0.157 e. The number of rotatable bonds is 2. The maximum atomic E-state index is 12.2. The lowest BCUT2D eigenvalue weighted by Gasteiger charge is -2.32. The number of hydrogen-bond donors (Lipinski definition) is 2. The number of ketones is 2. The van der Waals surface area contributed by atoms with Crippen molar-refractivity contribution >= 4 is 23.2 Å². The Morgan fingerprint density at radius 1 is 0.897 bits per heavy atom. The standard InChI is InChI=1S/C12H14ClNO.C12H15NO/c13-10-6-2-1-5-9(10)12(14)8-4-3-7-11(12)15;13-12(9-5-4-8-11(12)14)10-6-2-1-3-7-10/h1-2,5-6H,3-4,7-8,14H2;1-3,6-7H,4-5,8-9,13H2/i7D2;1D,2D,3D,6D,7D. The smallest absolute Gasteiger partial charge is 0.157 e. The number of hydrogen-bond acceptors (Lipinski definition) is 4. The third-order valence-electron chi connectivity index (χ3n) is 5.46. The maximum absolute atomic E-state index is 12.2. The van der Waals surface area contributed by atoms with E-state index in [0.717, 1.165) is 6.42 Å². The minimum absolute atomic E-state index is 0.0665. The summed E-state index contributed by atoms with van der Waals surface area (Å²) in [5.74, 6) is -0.818. The van der Waals surface area contributed by atoms with Gasteiger partial charge in [0.05, 0.1) is 6.85 Å². The molecular weight excluding hydrogens is 384 g/mol. The highest BCUT2D eigenvalue weighted by atomic mass is 35.5. The topological polar surface area (TPSA) is 86.2 Å². The van der Waals surface area contributed by atoms with Crippen LogP contribution in [-0.2, 0) is 20.7 Å². The van der Waals surface area contributed by atoms with Crippen molar-refractivity contribution in [2.24, 2.45) is 11.5 Å². The highest BCUT2D eigenvalue weighted by molar-refractivity contribution is 6.31. The number of carbonyl (C=O) groups excluding carboxylic acids is 2. The fraction of sp³-hybridized carbons (Fsp3) is 0.417. The average molecular weight is 420 g/mol. The molecule has 0 radical (unpaired) electrons. The number of carbonyl (C=O) groups is 2. The van der Waals surface area contributed by atoms with E-state index >= 15 is 0 Å². The van der Waals surface area contributed by atoms with E-state index < -0.39 is 41.4 Å². The minimum Gasteiger partial charge on any atom is -0.315 e. The van der Waals surface area contributed by atoms with Gasteiger partial charge in [0, 0.05) is 20.6 Å². The van der Waals surface area contributed by atoms with E-state index in [2.05, 4.69) is 0 Å². The van der Waals surface area contributed by atoms with Crippen LogP contribution in [0, 0.1) is 0 Å². The molecule has 2 saturated carbocycles. The summed E-state index contributed by atoms with van der Waals surface area (Å²) < 4.78 is 54.0. The first-order valence-corrected chi connectivity index (χ1v) is 10.0. The van der Waals surface area contributed by atoms with E-state index in [1.807, 2.05) is 0 Å². The molecule has 2 fully saturated rings. The Morgan fingerprint density at radius 3 is 2.24 bits per heavy atom. The van der Waals surface area contributed by atoms with Gasteiger partial charge in [-0.3, -0.25) is 9.59 Å². The first-order chi connectivity index (χ1) is 16.7. The molecule has 0 amide bonds. The highest BCUT2D eigenvalue weighted by Crippen LogP contribution is 2.35. The first-order valence-electron chi connectivity index (χ1n) is 13.2. The van der Waals surface area contributed by atoms with E-state index in [-0.39, 0.29) is 29.9 Å². The van der Waals surface area contributed by atoms with E-state index in [4.69, 9.17) is 32.7 Å². The molecule has 0 saturated heterocycles. The fourth-order valence-corrected chi connectivity index (χ4v) is 4.01. The van der Waals surface area contributed by atoms with Crippen molar-refractivity contribution in [3.8, 4) is 0 Å². The summed E-state index contributed by atoms with van der Waals surface area (Å²) in [6.07, 6.45) is 1.45. The first kappa shape index (κ1) is 14.1. The van der Waals surface area contributed by atoms with Crippen LogP contribution in [0.25, 0.3) is 0 Å². The number of nitrogens with two attached hydrogens (primary N) is 2. The molecule has 0 heterocycles. The van der Waals surface area contributed by atoms with Crippen molar-refractivity contribution in [3.63, 3.8) is 0 Å². The number of benzene rings is 2. The van der Waals surface area contributed by atoms with Gasteiger partial charge in [0.15, 0.2) is 11.6 Å². The SMILES string of the molecule is [2H]C1([2H])CCCC(N)(c2ccccc2Cl)C1=O.[2H]c1c([2H])c([2H])c(C2(N)CCCCC2=O)c([2H])c1[2H]. The Labute approximate surface area is 187 Å². The lowest BCUT2D eigenvalue weighted by molar-refractivity contribution is -0.127. The summed E-state index contributed by atoms with van der Waals surface area (Å²) >= 11 is 6.05. The lowest BCUT2D eigenvalue weighted by atomic mass is 9.76. The van der Waals surface area contributed by atoms with Crippen LogP contribution in [0.15, 0.2) is 54.5 Å². The van der Waals surface area contributed by atoms with Crippen molar-refractivity contribution in [2.45, 2.75) is 62.4 Å². The van der Waals surface area contributed by atoms with Gasteiger partial charge in [0.1, 0.15) is 11.1 Å². The van der Waals surface area contributed by atoms with Gasteiger partial charge in [-0.25, -0.2) is 0 Å². The van der Waals surface area contributed by atoms with Crippen molar-refractivity contribution in [1.29, 1.82) is 0 Å². The van der Waals surface area contributed by atoms with Crippen LogP contribution in [0.1, 0.15) is 72.0 Å². The largest absolute Gasteiger partial charge is 0.315 e. The van der Waals surface area contributed by atoms with E-state index in [9.17, 15) is 9.59 Å². The van der Waals surface area contributed by atoms with Gasteiger partial charge in [0.25, 0.3) is 0 Å². The molecule has 29 heavy (non-hydrogen) atoms. The minimum atomic E-state index is -1.85.